The minimum absolute atomic E-state index is 0.0365. The van der Waals surface area contributed by atoms with E-state index < -0.39 is 10.0 Å². The summed E-state index contributed by atoms with van der Waals surface area (Å²) in [5.74, 6) is -0.0365. The molecule has 0 heterocycles. The van der Waals surface area contributed by atoms with Gasteiger partial charge >= 0.3 is 0 Å². The third kappa shape index (κ3) is 4.55. The first-order valence-corrected chi connectivity index (χ1v) is 6.00. The molecule has 14 heavy (non-hydrogen) atoms. The quantitative estimate of drug-likeness (QED) is 0.600. The molecule has 5 heteroatoms. The van der Waals surface area contributed by atoms with Crippen molar-refractivity contribution in [2.75, 3.05) is 25.4 Å². The van der Waals surface area contributed by atoms with Crippen LogP contribution >= 0.6 is 0 Å². The Hall–Kier alpha value is -0.650. The lowest BCUT2D eigenvalue weighted by Crippen LogP contribution is -2.33. The van der Waals surface area contributed by atoms with E-state index in [0.717, 1.165) is 0 Å². The number of aliphatic hydroxyl groups is 1. The van der Waals surface area contributed by atoms with Gasteiger partial charge in [-0.15, -0.1) is 13.2 Å². The van der Waals surface area contributed by atoms with E-state index >= 15 is 0 Å². The lowest BCUT2D eigenvalue weighted by Gasteiger charge is -2.18. The summed E-state index contributed by atoms with van der Waals surface area (Å²) in [5, 5.41) is 8.55. The molecule has 0 saturated heterocycles. The van der Waals surface area contributed by atoms with Crippen LogP contribution in [0.15, 0.2) is 25.3 Å². The summed E-state index contributed by atoms with van der Waals surface area (Å²) >= 11 is 0. The number of hydrogen-bond acceptors (Lipinski definition) is 3. The Morgan fingerprint density at radius 1 is 1.21 bits per heavy atom. The third-order valence-corrected chi connectivity index (χ3v) is 3.51. The van der Waals surface area contributed by atoms with Gasteiger partial charge in [-0.25, -0.2) is 8.42 Å². The average Bonchev–Trinajstić information content (AvgIpc) is 2.14. The van der Waals surface area contributed by atoms with Crippen molar-refractivity contribution in [3.63, 3.8) is 0 Å². The smallest absolute Gasteiger partial charge is 0.214 e. The molecule has 0 aliphatic carbocycles. The summed E-state index contributed by atoms with van der Waals surface area (Å²) in [6, 6.07) is 0. The van der Waals surface area contributed by atoms with Crippen LogP contribution in [-0.2, 0) is 10.0 Å². The number of aliphatic hydroxyl groups excluding tert-OH is 1. The molecule has 0 aromatic carbocycles. The first-order valence-electron chi connectivity index (χ1n) is 4.39. The van der Waals surface area contributed by atoms with Crippen LogP contribution in [0.4, 0.5) is 0 Å². The molecule has 0 radical (unpaired) electrons. The topological polar surface area (TPSA) is 57.6 Å². The molecule has 0 amide bonds. The number of rotatable bonds is 8. The summed E-state index contributed by atoms with van der Waals surface area (Å²) in [4.78, 5) is 0. The van der Waals surface area contributed by atoms with Crippen molar-refractivity contribution < 1.29 is 13.5 Å². The van der Waals surface area contributed by atoms with Gasteiger partial charge in [0, 0.05) is 19.7 Å². The van der Waals surface area contributed by atoms with Crippen LogP contribution in [-0.4, -0.2) is 43.3 Å². The molecule has 0 rings (SSSR count). The molecule has 0 fully saturated rings. The van der Waals surface area contributed by atoms with Crippen molar-refractivity contribution >= 4 is 10.0 Å². The Labute approximate surface area is 85.6 Å². The summed E-state index contributed by atoms with van der Waals surface area (Å²) in [5.41, 5.74) is 0. The Morgan fingerprint density at radius 3 is 2.07 bits per heavy atom. The van der Waals surface area contributed by atoms with E-state index in [2.05, 4.69) is 13.2 Å². The van der Waals surface area contributed by atoms with Crippen LogP contribution in [0.25, 0.3) is 0 Å². The van der Waals surface area contributed by atoms with E-state index in [4.69, 9.17) is 5.11 Å². The molecule has 1 N–H and O–H groups in total. The fraction of sp³-hybridized carbons (Fsp3) is 0.556. The maximum absolute atomic E-state index is 11.6. The molecule has 0 aliphatic rings. The molecule has 0 bridgehead atoms. The van der Waals surface area contributed by atoms with E-state index in [-0.39, 0.29) is 31.9 Å². The van der Waals surface area contributed by atoms with Crippen molar-refractivity contribution in [3.05, 3.63) is 25.3 Å². The lowest BCUT2D eigenvalue weighted by molar-refractivity contribution is 0.294. The van der Waals surface area contributed by atoms with E-state index in [1.165, 1.54) is 16.5 Å². The second kappa shape index (κ2) is 6.75. The van der Waals surface area contributed by atoms with E-state index in [0.29, 0.717) is 0 Å². The highest BCUT2D eigenvalue weighted by atomic mass is 32.2. The predicted octanol–water partition coefficient (Wildman–Crippen LogP) is 0.373. The predicted molar refractivity (Wildman–Crippen MR) is 57.5 cm³/mol. The zero-order chi connectivity index (χ0) is 11.0. The Morgan fingerprint density at radius 2 is 1.71 bits per heavy atom. The lowest BCUT2D eigenvalue weighted by atomic mass is 10.5. The Bertz CT molecular complexity index is 262. The van der Waals surface area contributed by atoms with Gasteiger partial charge in [0.2, 0.25) is 10.0 Å². The normalized spacial score (nSPS) is 11.6. The molecule has 0 aromatic rings. The molecule has 0 unspecified atom stereocenters. The van der Waals surface area contributed by atoms with Crippen molar-refractivity contribution in [1.82, 2.24) is 4.31 Å². The third-order valence-electron chi connectivity index (χ3n) is 1.62. The number of sulfonamides is 1. The fourth-order valence-electron chi connectivity index (χ4n) is 0.966. The van der Waals surface area contributed by atoms with Gasteiger partial charge < -0.3 is 5.11 Å². The molecule has 0 aliphatic heterocycles. The van der Waals surface area contributed by atoms with Crippen molar-refractivity contribution in [2.24, 2.45) is 0 Å². The van der Waals surface area contributed by atoms with Gasteiger partial charge in [0.05, 0.1) is 5.75 Å². The maximum atomic E-state index is 11.6. The Balaban J connectivity index is 4.44. The van der Waals surface area contributed by atoms with Gasteiger partial charge in [0.15, 0.2) is 0 Å². The van der Waals surface area contributed by atoms with E-state index in [9.17, 15) is 8.42 Å². The minimum Gasteiger partial charge on any atom is -0.396 e. The molecular weight excluding hydrogens is 202 g/mol. The second-order valence-electron chi connectivity index (χ2n) is 2.79. The molecule has 4 nitrogen and oxygen atoms in total. The second-order valence-corrected chi connectivity index (χ2v) is 4.88. The molecule has 0 saturated carbocycles. The molecular formula is C9H17NO3S. The van der Waals surface area contributed by atoms with Gasteiger partial charge in [0.1, 0.15) is 0 Å². The van der Waals surface area contributed by atoms with Gasteiger partial charge in [-0.05, 0) is 6.42 Å². The summed E-state index contributed by atoms with van der Waals surface area (Å²) in [7, 11) is -3.28. The molecule has 0 spiro atoms. The van der Waals surface area contributed by atoms with Crippen molar-refractivity contribution in [1.29, 1.82) is 0 Å². The van der Waals surface area contributed by atoms with E-state index in [1.807, 2.05) is 0 Å². The largest absolute Gasteiger partial charge is 0.396 e. The molecule has 82 valence electrons. The molecule has 0 atom stereocenters. The average molecular weight is 219 g/mol. The molecule has 0 aromatic heterocycles. The van der Waals surface area contributed by atoms with Crippen molar-refractivity contribution in [2.45, 2.75) is 6.42 Å². The van der Waals surface area contributed by atoms with Gasteiger partial charge in [-0.1, -0.05) is 12.2 Å². The van der Waals surface area contributed by atoms with Gasteiger partial charge in [0.25, 0.3) is 0 Å². The van der Waals surface area contributed by atoms with Crippen LogP contribution in [0.1, 0.15) is 6.42 Å². The minimum atomic E-state index is -3.28. The van der Waals surface area contributed by atoms with E-state index in [1.54, 1.807) is 0 Å². The maximum Gasteiger partial charge on any atom is 0.214 e. The number of hydrogen-bond donors (Lipinski definition) is 1. The SMILES string of the molecule is C=CCN(CC=C)S(=O)(=O)CCCO. The standard InChI is InChI=1S/C9H17NO3S/c1-3-6-10(7-4-2)14(12,13)9-5-8-11/h3-4,11H,1-2,5-9H2. The van der Waals surface area contributed by atoms with Crippen LogP contribution in [0.2, 0.25) is 0 Å². The Kier molecular flexibility index (Phi) is 6.44. The van der Waals surface area contributed by atoms with Gasteiger partial charge in [-0.3, -0.25) is 0 Å². The monoisotopic (exact) mass is 219 g/mol. The van der Waals surface area contributed by atoms with Crippen molar-refractivity contribution in [3.8, 4) is 0 Å². The highest BCUT2D eigenvalue weighted by Gasteiger charge is 2.18. The number of nitrogens with zero attached hydrogens (tertiary/aromatic N) is 1. The van der Waals surface area contributed by atoms with Crippen LogP contribution in [0.3, 0.4) is 0 Å². The fourth-order valence-corrected chi connectivity index (χ4v) is 2.38. The zero-order valence-corrected chi connectivity index (χ0v) is 9.04. The van der Waals surface area contributed by atoms with Crippen LogP contribution < -0.4 is 0 Å². The first-order chi connectivity index (χ1) is 6.58. The highest BCUT2D eigenvalue weighted by molar-refractivity contribution is 7.89. The summed E-state index contributed by atoms with van der Waals surface area (Å²) < 4.78 is 24.5. The van der Waals surface area contributed by atoms with Crippen LogP contribution in [0, 0.1) is 0 Å². The summed E-state index contributed by atoms with van der Waals surface area (Å²) in [6.07, 6.45) is 3.31. The first kappa shape index (κ1) is 13.4. The summed E-state index contributed by atoms with van der Waals surface area (Å²) in [6.45, 7) is 7.41. The van der Waals surface area contributed by atoms with Gasteiger partial charge in [-0.2, -0.15) is 4.31 Å². The van der Waals surface area contributed by atoms with Crippen LogP contribution in [0.5, 0.6) is 0 Å². The zero-order valence-electron chi connectivity index (χ0n) is 8.22. The highest BCUT2D eigenvalue weighted by Crippen LogP contribution is 2.03.